The summed E-state index contributed by atoms with van der Waals surface area (Å²) in [5.74, 6) is -0.800. The second-order valence-electron chi connectivity index (χ2n) is 9.10. The van der Waals surface area contributed by atoms with Crippen LogP contribution in [0.5, 0.6) is 0 Å². The van der Waals surface area contributed by atoms with Gasteiger partial charge >= 0.3 is 0 Å². The molecule has 0 unspecified atom stereocenters. The molecule has 1 saturated carbocycles. The molecule has 3 aromatic carbocycles. The van der Waals surface area contributed by atoms with Crippen LogP contribution in [0, 0.1) is 26.1 Å². The van der Waals surface area contributed by atoms with Crippen molar-refractivity contribution in [3.63, 3.8) is 0 Å². The highest BCUT2D eigenvalue weighted by Crippen LogP contribution is 2.45. The third-order valence-electron chi connectivity index (χ3n) is 6.70. The van der Waals surface area contributed by atoms with Gasteiger partial charge in [0.2, 0.25) is 0 Å². The molecule has 0 bridgehead atoms. The number of non-ortho nitro benzene ring substituents is 2. The third kappa shape index (κ3) is 5.03. The number of nitrogens with zero attached hydrogens (tertiary/aromatic N) is 4. The van der Waals surface area contributed by atoms with Crippen molar-refractivity contribution in [3.8, 4) is 0 Å². The summed E-state index contributed by atoms with van der Waals surface area (Å²) in [6.45, 7) is 0. The van der Waals surface area contributed by atoms with Gasteiger partial charge in [0.15, 0.2) is 0 Å². The van der Waals surface area contributed by atoms with Crippen LogP contribution in [0.3, 0.4) is 0 Å². The van der Waals surface area contributed by atoms with Gasteiger partial charge in [0.05, 0.1) is 33.2 Å². The predicted molar refractivity (Wildman–Crippen MR) is 144 cm³/mol. The van der Waals surface area contributed by atoms with Gasteiger partial charge in [-0.3, -0.25) is 25.0 Å². The van der Waals surface area contributed by atoms with Gasteiger partial charge in [-0.1, -0.05) is 47.5 Å². The fourth-order valence-electron chi connectivity index (χ4n) is 4.98. The number of hydrogen-bond donors (Lipinski definition) is 0. The van der Waals surface area contributed by atoms with Crippen LogP contribution in [0.1, 0.15) is 46.8 Å². The SMILES string of the molecule is O=C(c1cc([N+](=O)[O-])cc([N+](=O)[O-])c1)N1N=C2/C(=C/c3ccc(Cl)cc3)CCC[C@@H]2[C@@H]1c1ccc(Cl)cc1. The van der Waals surface area contributed by atoms with Crippen molar-refractivity contribution in [1.82, 2.24) is 5.01 Å². The van der Waals surface area contributed by atoms with E-state index in [2.05, 4.69) is 0 Å². The van der Waals surface area contributed by atoms with Gasteiger partial charge in [-0.15, -0.1) is 0 Å². The molecule has 0 aromatic heterocycles. The van der Waals surface area contributed by atoms with Crippen LogP contribution < -0.4 is 0 Å². The summed E-state index contributed by atoms with van der Waals surface area (Å²) in [4.78, 5) is 35.2. The van der Waals surface area contributed by atoms with Crippen molar-refractivity contribution < 1.29 is 14.6 Å². The number of hydrogen-bond acceptors (Lipinski definition) is 6. The monoisotopic (exact) mass is 550 g/mol. The quantitative estimate of drug-likeness (QED) is 0.245. The van der Waals surface area contributed by atoms with Gasteiger partial charge in [-0.05, 0) is 66.3 Å². The summed E-state index contributed by atoms with van der Waals surface area (Å²) in [5.41, 5.74) is 2.18. The van der Waals surface area contributed by atoms with E-state index in [1.807, 2.05) is 30.3 Å². The fourth-order valence-corrected chi connectivity index (χ4v) is 5.24. The summed E-state index contributed by atoms with van der Waals surface area (Å²) in [6.07, 6.45) is 4.42. The Morgan fingerprint density at radius 3 is 2.08 bits per heavy atom. The number of allylic oxidation sites excluding steroid dienone is 1. The summed E-state index contributed by atoms with van der Waals surface area (Å²) >= 11 is 12.1. The lowest BCUT2D eigenvalue weighted by Gasteiger charge is -2.29. The number of halogens is 2. The average molecular weight is 551 g/mol. The van der Waals surface area contributed by atoms with Crippen LogP contribution >= 0.6 is 23.2 Å². The lowest BCUT2D eigenvalue weighted by molar-refractivity contribution is -0.394. The maximum absolute atomic E-state index is 13.8. The summed E-state index contributed by atoms with van der Waals surface area (Å²) in [7, 11) is 0. The van der Waals surface area contributed by atoms with E-state index in [-0.39, 0.29) is 11.5 Å². The molecule has 1 amide bonds. The molecule has 0 N–H and O–H groups in total. The zero-order valence-electron chi connectivity index (χ0n) is 19.8. The first kappa shape index (κ1) is 25.6. The Bertz CT molecular complexity index is 1470. The van der Waals surface area contributed by atoms with E-state index in [1.165, 1.54) is 5.01 Å². The summed E-state index contributed by atoms with van der Waals surface area (Å²) < 4.78 is 0. The first-order valence-corrected chi connectivity index (χ1v) is 12.5. The van der Waals surface area contributed by atoms with E-state index in [0.29, 0.717) is 10.0 Å². The van der Waals surface area contributed by atoms with Gasteiger partial charge in [0, 0.05) is 28.1 Å². The molecule has 2 atom stereocenters. The smallest absolute Gasteiger partial charge is 0.267 e. The molecule has 1 fully saturated rings. The first-order valence-electron chi connectivity index (χ1n) is 11.8. The Hall–Kier alpha value is -4.08. The van der Waals surface area contributed by atoms with Gasteiger partial charge < -0.3 is 0 Å². The van der Waals surface area contributed by atoms with Crippen molar-refractivity contribution in [3.05, 3.63) is 119 Å². The molecular weight excluding hydrogens is 531 g/mol. The predicted octanol–water partition coefficient (Wildman–Crippen LogP) is 7.25. The molecule has 192 valence electrons. The standard InChI is InChI=1S/C27H20Cl2N4O5/c28-20-8-4-16(5-9-20)12-18-2-1-3-24-25(18)30-31(26(24)17-6-10-21(29)11-7-17)27(34)19-13-22(32(35)36)15-23(14-19)33(37)38/h4-15,24,26H,1-3H2/b18-12+/t24-,26-/m0/s1. The normalized spacial score (nSPS) is 19.7. The molecule has 2 aliphatic rings. The van der Waals surface area contributed by atoms with Gasteiger partial charge in [0.1, 0.15) is 0 Å². The molecule has 0 spiro atoms. The maximum Gasteiger partial charge on any atom is 0.277 e. The lowest BCUT2D eigenvalue weighted by atomic mass is 9.77. The van der Waals surface area contributed by atoms with Gasteiger partial charge in [-0.2, -0.15) is 5.10 Å². The highest BCUT2D eigenvalue weighted by molar-refractivity contribution is 6.30. The zero-order chi connectivity index (χ0) is 27.0. The van der Waals surface area contributed by atoms with Crippen LogP contribution in [0.4, 0.5) is 11.4 Å². The second kappa shape index (κ2) is 10.4. The van der Waals surface area contributed by atoms with Crippen molar-refractivity contribution in [1.29, 1.82) is 0 Å². The minimum absolute atomic E-state index is 0.138. The van der Waals surface area contributed by atoms with Crippen molar-refractivity contribution in [2.24, 2.45) is 11.0 Å². The molecule has 3 aromatic rings. The van der Waals surface area contributed by atoms with E-state index in [0.717, 1.165) is 59.9 Å². The number of amides is 1. The molecule has 9 nitrogen and oxygen atoms in total. The molecule has 0 radical (unpaired) electrons. The number of nitro benzene ring substituents is 2. The lowest BCUT2D eigenvalue weighted by Crippen LogP contribution is -2.32. The van der Waals surface area contributed by atoms with Crippen LogP contribution in [-0.2, 0) is 0 Å². The topological polar surface area (TPSA) is 119 Å². The number of hydrazone groups is 1. The molecule has 1 aliphatic heterocycles. The summed E-state index contributed by atoms with van der Waals surface area (Å²) in [5, 5.41) is 30.1. The number of fused-ring (bicyclic) bond motifs is 1. The molecule has 1 aliphatic carbocycles. The van der Waals surface area contributed by atoms with Crippen LogP contribution in [0.25, 0.3) is 6.08 Å². The minimum Gasteiger partial charge on any atom is -0.267 e. The zero-order valence-corrected chi connectivity index (χ0v) is 21.3. The summed E-state index contributed by atoms with van der Waals surface area (Å²) in [6, 6.07) is 16.9. The highest BCUT2D eigenvalue weighted by atomic mass is 35.5. The van der Waals surface area contributed by atoms with Gasteiger partial charge in [-0.25, -0.2) is 5.01 Å². The van der Waals surface area contributed by atoms with Crippen molar-refractivity contribution in [2.45, 2.75) is 25.3 Å². The molecule has 11 heteroatoms. The Kier molecular flexibility index (Phi) is 6.96. The highest BCUT2D eigenvalue weighted by Gasteiger charge is 2.44. The molecular formula is C27H20Cl2N4O5. The van der Waals surface area contributed by atoms with Crippen molar-refractivity contribution >= 4 is 52.3 Å². The molecule has 0 saturated heterocycles. The number of carbonyl (C=O) groups excluding carboxylic acids is 1. The first-order chi connectivity index (χ1) is 18.2. The van der Waals surface area contributed by atoms with E-state index in [4.69, 9.17) is 28.3 Å². The van der Waals surface area contributed by atoms with Crippen LogP contribution in [0.15, 0.2) is 77.4 Å². The molecule has 5 rings (SSSR count). The average Bonchev–Trinajstić information content (AvgIpc) is 3.30. The number of carbonyl (C=O) groups is 1. The fraction of sp³-hybridized carbons (Fsp3) is 0.185. The Morgan fingerprint density at radius 1 is 0.921 bits per heavy atom. The number of rotatable bonds is 5. The largest absolute Gasteiger partial charge is 0.277 e. The van der Waals surface area contributed by atoms with E-state index < -0.39 is 33.2 Å². The maximum atomic E-state index is 13.8. The second-order valence-corrected chi connectivity index (χ2v) is 9.98. The molecule has 38 heavy (non-hydrogen) atoms. The van der Waals surface area contributed by atoms with Crippen molar-refractivity contribution in [2.75, 3.05) is 0 Å². The van der Waals surface area contributed by atoms with Crippen LogP contribution in [0.2, 0.25) is 10.0 Å². The minimum atomic E-state index is -0.761. The molecule has 1 heterocycles. The Balaban J connectivity index is 1.61. The van der Waals surface area contributed by atoms with Crippen LogP contribution in [-0.4, -0.2) is 26.5 Å². The Morgan fingerprint density at radius 2 is 1.50 bits per heavy atom. The third-order valence-corrected chi connectivity index (χ3v) is 7.21. The van der Waals surface area contributed by atoms with E-state index in [1.54, 1.807) is 24.3 Å². The van der Waals surface area contributed by atoms with Gasteiger partial charge in [0.25, 0.3) is 17.3 Å². The number of benzene rings is 3. The van der Waals surface area contributed by atoms with E-state index in [9.17, 15) is 25.0 Å². The Labute approximate surface area is 227 Å². The number of nitro groups is 2. The van der Waals surface area contributed by atoms with E-state index >= 15 is 0 Å².